The normalized spacial score (nSPS) is 11.4. The Morgan fingerprint density at radius 3 is 2.39 bits per heavy atom. The van der Waals surface area contributed by atoms with Crippen LogP contribution in [0.2, 0.25) is 0 Å². The monoisotopic (exact) mass is 460 g/mol. The van der Waals surface area contributed by atoms with Gasteiger partial charge in [0.05, 0.1) is 11.3 Å². The van der Waals surface area contributed by atoms with Crippen LogP contribution in [0.25, 0.3) is 5.69 Å². The summed E-state index contributed by atoms with van der Waals surface area (Å²) in [6.07, 6.45) is 0. The number of nitrogens with zero attached hydrogens (tertiary/aromatic N) is 1. The topological polar surface area (TPSA) is 80.6 Å². The molecule has 0 aliphatic rings. The fourth-order valence-electron chi connectivity index (χ4n) is 3.09. The van der Waals surface area contributed by atoms with E-state index in [-0.39, 0.29) is 34.9 Å². The SMILES string of the molecule is Cc1c(OCc2ccc(F)cc2F)cc(C)n(-c2cc(NC(=O)C(C)(C)O)ccc2F)c1=O. The zero-order valence-electron chi connectivity index (χ0n) is 18.5. The predicted molar refractivity (Wildman–Crippen MR) is 117 cm³/mol. The number of pyridine rings is 1. The van der Waals surface area contributed by atoms with Gasteiger partial charge in [0.25, 0.3) is 11.5 Å². The molecule has 0 saturated heterocycles. The first-order valence-corrected chi connectivity index (χ1v) is 10.0. The van der Waals surface area contributed by atoms with Crippen LogP contribution in [-0.2, 0) is 11.4 Å². The van der Waals surface area contributed by atoms with Crippen molar-refractivity contribution in [2.75, 3.05) is 5.32 Å². The summed E-state index contributed by atoms with van der Waals surface area (Å²) in [6, 6.07) is 8.27. The highest BCUT2D eigenvalue weighted by molar-refractivity contribution is 5.96. The summed E-state index contributed by atoms with van der Waals surface area (Å²) in [7, 11) is 0. The molecule has 0 unspecified atom stereocenters. The van der Waals surface area contributed by atoms with Crippen molar-refractivity contribution in [2.24, 2.45) is 0 Å². The van der Waals surface area contributed by atoms with Gasteiger partial charge in [-0.15, -0.1) is 0 Å². The average Bonchev–Trinajstić information content (AvgIpc) is 2.72. The third-order valence-electron chi connectivity index (χ3n) is 4.99. The molecule has 0 aliphatic carbocycles. The number of halogens is 3. The number of aromatic nitrogens is 1. The van der Waals surface area contributed by atoms with Crippen molar-refractivity contribution in [3.8, 4) is 11.4 Å². The average molecular weight is 460 g/mol. The summed E-state index contributed by atoms with van der Waals surface area (Å²) >= 11 is 0. The van der Waals surface area contributed by atoms with Crippen molar-refractivity contribution < 1.29 is 27.8 Å². The highest BCUT2D eigenvalue weighted by atomic mass is 19.1. The zero-order chi connectivity index (χ0) is 24.5. The first-order chi connectivity index (χ1) is 15.4. The van der Waals surface area contributed by atoms with Gasteiger partial charge in [-0.2, -0.15) is 0 Å². The van der Waals surface area contributed by atoms with Gasteiger partial charge < -0.3 is 15.2 Å². The van der Waals surface area contributed by atoms with Crippen LogP contribution in [-0.4, -0.2) is 21.2 Å². The lowest BCUT2D eigenvalue weighted by molar-refractivity contribution is -0.130. The number of nitrogens with one attached hydrogen (secondary N) is 1. The van der Waals surface area contributed by atoms with Crippen molar-refractivity contribution >= 4 is 11.6 Å². The molecule has 0 spiro atoms. The fourth-order valence-corrected chi connectivity index (χ4v) is 3.09. The summed E-state index contributed by atoms with van der Waals surface area (Å²) in [5, 5.41) is 12.3. The molecular formula is C24H23F3N2O4. The zero-order valence-corrected chi connectivity index (χ0v) is 18.5. The Labute approximate surface area is 188 Å². The standard InChI is InChI=1S/C24H23F3N2O4/c1-13-9-21(33-12-15-5-6-16(25)10-19(15)27)14(2)22(30)29(13)20-11-17(7-8-18(20)26)28-23(31)24(3,4)32/h5-11,32H,12H2,1-4H3,(H,28,31). The molecule has 0 atom stereocenters. The second-order valence-corrected chi connectivity index (χ2v) is 8.12. The van der Waals surface area contributed by atoms with Crippen LogP contribution in [0.1, 0.15) is 30.7 Å². The molecule has 6 nitrogen and oxygen atoms in total. The molecule has 33 heavy (non-hydrogen) atoms. The van der Waals surface area contributed by atoms with E-state index < -0.39 is 34.5 Å². The van der Waals surface area contributed by atoms with Crippen LogP contribution in [0.4, 0.5) is 18.9 Å². The van der Waals surface area contributed by atoms with Crippen LogP contribution in [0.15, 0.2) is 47.3 Å². The molecule has 1 aromatic heterocycles. The quantitative estimate of drug-likeness (QED) is 0.579. The molecule has 2 N–H and O–H groups in total. The van der Waals surface area contributed by atoms with E-state index in [1.807, 2.05) is 0 Å². The largest absolute Gasteiger partial charge is 0.488 e. The van der Waals surface area contributed by atoms with E-state index in [0.29, 0.717) is 5.69 Å². The Kier molecular flexibility index (Phi) is 6.64. The van der Waals surface area contributed by atoms with Gasteiger partial charge in [0.1, 0.15) is 35.4 Å². The number of aryl methyl sites for hydroxylation is 1. The van der Waals surface area contributed by atoms with E-state index >= 15 is 0 Å². The van der Waals surface area contributed by atoms with E-state index in [4.69, 9.17) is 4.74 Å². The third-order valence-corrected chi connectivity index (χ3v) is 4.99. The van der Waals surface area contributed by atoms with Gasteiger partial charge in [-0.05, 0) is 58.0 Å². The first kappa shape index (κ1) is 24.1. The van der Waals surface area contributed by atoms with Crippen LogP contribution in [0.3, 0.4) is 0 Å². The Morgan fingerprint density at radius 1 is 1.06 bits per heavy atom. The lowest BCUT2D eigenvalue weighted by Gasteiger charge is -2.19. The third kappa shape index (κ3) is 5.25. The summed E-state index contributed by atoms with van der Waals surface area (Å²) in [6.45, 7) is 5.42. The number of aliphatic hydroxyl groups is 1. The maximum Gasteiger partial charge on any atom is 0.262 e. The van der Waals surface area contributed by atoms with Crippen LogP contribution >= 0.6 is 0 Å². The van der Waals surface area contributed by atoms with Gasteiger partial charge in [0, 0.05) is 29.1 Å². The number of hydrogen-bond acceptors (Lipinski definition) is 4. The number of ether oxygens (including phenoxy) is 1. The Morgan fingerprint density at radius 2 is 1.76 bits per heavy atom. The highest BCUT2D eigenvalue weighted by Gasteiger charge is 2.24. The molecule has 0 fully saturated rings. The van der Waals surface area contributed by atoms with Gasteiger partial charge in [0.2, 0.25) is 0 Å². The number of hydrogen-bond donors (Lipinski definition) is 2. The smallest absolute Gasteiger partial charge is 0.262 e. The summed E-state index contributed by atoms with van der Waals surface area (Å²) in [4.78, 5) is 25.1. The summed E-state index contributed by atoms with van der Waals surface area (Å²) < 4.78 is 48.3. The molecule has 9 heteroatoms. The van der Waals surface area contributed by atoms with Crippen molar-refractivity contribution in [1.29, 1.82) is 0 Å². The number of anilines is 1. The lowest BCUT2D eigenvalue weighted by Crippen LogP contribution is -2.36. The maximum absolute atomic E-state index is 14.6. The molecule has 3 aromatic rings. The molecule has 1 amide bonds. The second-order valence-electron chi connectivity index (χ2n) is 8.12. The molecule has 0 saturated carbocycles. The van der Waals surface area contributed by atoms with Crippen LogP contribution in [0.5, 0.6) is 5.75 Å². The number of rotatable bonds is 6. The predicted octanol–water partition coefficient (Wildman–Crippen LogP) is 4.16. The number of benzene rings is 2. The minimum absolute atomic E-state index is 0.106. The number of carbonyl (C=O) groups excluding carboxylic acids is 1. The van der Waals surface area contributed by atoms with Crippen molar-refractivity contribution in [1.82, 2.24) is 4.57 Å². The minimum Gasteiger partial charge on any atom is -0.488 e. The number of carbonyl (C=O) groups is 1. The maximum atomic E-state index is 14.6. The van der Waals surface area contributed by atoms with Crippen molar-refractivity contribution in [3.05, 3.63) is 87.1 Å². The molecule has 0 radical (unpaired) electrons. The minimum atomic E-state index is -1.65. The first-order valence-electron chi connectivity index (χ1n) is 10.0. The van der Waals surface area contributed by atoms with Crippen molar-refractivity contribution in [2.45, 2.75) is 39.9 Å². The number of amides is 1. The lowest BCUT2D eigenvalue weighted by atomic mass is 10.1. The van der Waals surface area contributed by atoms with Crippen LogP contribution in [0, 0.1) is 31.3 Å². The summed E-state index contributed by atoms with van der Waals surface area (Å²) in [5.41, 5.74) is -1.56. The highest BCUT2D eigenvalue weighted by Crippen LogP contribution is 2.24. The molecular weight excluding hydrogens is 437 g/mol. The second kappa shape index (κ2) is 9.11. The Hall–Kier alpha value is -3.59. The fraction of sp³-hybridized carbons (Fsp3) is 0.250. The molecule has 2 aromatic carbocycles. The molecule has 1 heterocycles. The van der Waals surface area contributed by atoms with Gasteiger partial charge >= 0.3 is 0 Å². The molecule has 0 bridgehead atoms. The molecule has 174 valence electrons. The van der Waals surface area contributed by atoms with E-state index in [1.54, 1.807) is 6.92 Å². The van der Waals surface area contributed by atoms with Crippen molar-refractivity contribution in [3.63, 3.8) is 0 Å². The van der Waals surface area contributed by atoms with E-state index in [9.17, 15) is 27.9 Å². The van der Waals surface area contributed by atoms with Gasteiger partial charge in [-0.1, -0.05) is 0 Å². The van der Waals surface area contributed by atoms with E-state index in [2.05, 4.69) is 5.32 Å². The van der Waals surface area contributed by atoms with Crippen LogP contribution < -0.4 is 15.6 Å². The van der Waals surface area contributed by atoms with E-state index in [0.717, 1.165) is 22.8 Å². The van der Waals surface area contributed by atoms with Gasteiger partial charge in [-0.25, -0.2) is 13.2 Å². The Bertz CT molecular complexity index is 1280. The summed E-state index contributed by atoms with van der Waals surface area (Å²) in [5.74, 6) is -2.72. The molecule has 0 aliphatic heterocycles. The van der Waals surface area contributed by atoms with Gasteiger partial charge in [-0.3, -0.25) is 14.2 Å². The van der Waals surface area contributed by atoms with Gasteiger partial charge in [0.15, 0.2) is 0 Å². The Balaban J connectivity index is 1.95. The van der Waals surface area contributed by atoms with E-state index in [1.165, 1.54) is 45.0 Å². The molecule has 3 rings (SSSR count).